The van der Waals surface area contributed by atoms with E-state index in [1.165, 1.54) is 11.3 Å². The number of alkyl halides is 3. The van der Waals surface area contributed by atoms with Crippen LogP contribution in [0.1, 0.15) is 0 Å². The molecule has 2 rings (SSSR count). The highest BCUT2D eigenvalue weighted by atomic mass is 32.1. The van der Waals surface area contributed by atoms with E-state index in [4.69, 9.17) is 11.5 Å². The number of anilines is 1. The smallest absolute Gasteiger partial charge is 0.370 e. The van der Waals surface area contributed by atoms with Crippen molar-refractivity contribution in [2.75, 3.05) is 11.4 Å². The molecule has 2 heterocycles. The maximum absolute atomic E-state index is 12.2. The Balaban J connectivity index is 2.09. The highest BCUT2D eigenvalue weighted by molar-refractivity contribution is 7.13. The summed E-state index contributed by atoms with van der Waals surface area (Å²) in [6.07, 6.45) is 1.74. The Hall–Kier alpha value is -2.56. The lowest BCUT2D eigenvalue weighted by Gasteiger charge is -2.28. The summed E-state index contributed by atoms with van der Waals surface area (Å²) in [6, 6.07) is -0.513. The molecule has 5 N–H and O–H groups in total. The number of carbonyl (C=O) groups excluding carboxylic acids is 1. The number of thiazole rings is 1. The third kappa shape index (κ3) is 4.45. The zero-order chi connectivity index (χ0) is 17.0. The van der Waals surface area contributed by atoms with Crippen LogP contribution in [0.15, 0.2) is 34.8 Å². The largest absolute Gasteiger partial charge is 0.471 e. The van der Waals surface area contributed by atoms with Gasteiger partial charge in [0, 0.05) is 18.1 Å². The van der Waals surface area contributed by atoms with Crippen LogP contribution in [0.2, 0.25) is 0 Å². The minimum Gasteiger partial charge on any atom is -0.370 e. The molecule has 0 fully saturated rings. The van der Waals surface area contributed by atoms with E-state index in [0.717, 1.165) is 0 Å². The summed E-state index contributed by atoms with van der Waals surface area (Å²) in [7, 11) is 0. The van der Waals surface area contributed by atoms with Gasteiger partial charge in [-0.25, -0.2) is 4.98 Å². The van der Waals surface area contributed by atoms with Gasteiger partial charge in [0.1, 0.15) is 5.82 Å². The van der Waals surface area contributed by atoms with Crippen molar-refractivity contribution in [2.45, 2.75) is 12.2 Å². The lowest BCUT2D eigenvalue weighted by Crippen LogP contribution is -2.45. The number of aromatic nitrogens is 1. The molecule has 0 aliphatic carbocycles. The van der Waals surface area contributed by atoms with E-state index in [9.17, 15) is 18.0 Å². The van der Waals surface area contributed by atoms with Crippen LogP contribution < -0.4 is 21.7 Å². The van der Waals surface area contributed by atoms with Gasteiger partial charge in [-0.1, -0.05) is 12.2 Å². The van der Waals surface area contributed by atoms with Crippen LogP contribution in [0.3, 0.4) is 0 Å². The molecule has 11 heteroatoms. The van der Waals surface area contributed by atoms with Crippen molar-refractivity contribution in [1.82, 2.24) is 10.3 Å². The SMILES string of the molecule is NC(N)=Nc1nc(N2C=CC=CC2CNC(=O)C(F)(F)F)cs1. The van der Waals surface area contributed by atoms with Gasteiger partial charge in [0.15, 0.2) is 5.96 Å². The third-order valence-electron chi connectivity index (χ3n) is 2.75. The number of aliphatic imine (C=N–C) groups is 1. The van der Waals surface area contributed by atoms with Gasteiger partial charge in [0.05, 0.1) is 6.04 Å². The Morgan fingerprint density at radius 2 is 2.17 bits per heavy atom. The van der Waals surface area contributed by atoms with E-state index in [1.54, 1.807) is 34.7 Å². The van der Waals surface area contributed by atoms with Gasteiger partial charge in [-0.15, -0.1) is 11.3 Å². The molecule has 0 radical (unpaired) electrons. The molecule has 1 aromatic heterocycles. The molecule has 1 atom stereocenters. The van der Waals surface area contributed by atoms with Crippen LogP contribution in [0.4, 0.5) is 24.1 Å². The molecule has 1 unspecified atom stereocenters. The lowest BCUT2D eigenvalue weighted by atomic mass is 10.2. The second-order valence-corrected chi connectivity index (χ2v) is 5.27. The maximum atomic E-state index is 12.2. The van der Waals surface area contributed by atoms with E-state index in [1.807, 2.05) is 5.32 Å². The molecule has 0 aromatic carbocycles. The molecule has 0 saturated carbocycles. The van der Waals surface area contributed by atoms with Crippen molar-refractivity contribution in [3.63, 3.8) is 0 Å². The molecule has 1 amide bonds. The summed E-state index contributed by atoms with van der Waals surface area (Å²) in [6.45, 7) is -0.228. The summed E-state index contributed by atoms with van der Waals surface area (Å²) >= 11 is 1.18. The number of rotatable bonds is 4. The van der Waals surface area contributed by atoms with Crippen LogP contribution in [0, 0.1) is 0 Å². The minimum atomic E-state index is -4.92. The molecule has 7 nitrogen and oxygen atoms in total. The Kier molecular flexibility index (Phi) is 4.89. The van der Waals surface area contributed by atoms with Gasteiger partial charge in [-0.05, 0) is 6.08 Å². The Bertz CT molecular complexity index is 662. The number of nitrogens with one attached hydrogen (secondary N) is 1. The predicted molar refractivity (Wildman–Crippen MR) is 81.2 cm³/mol. The Morgan fingerprint density at radius 3 is 2.83 bits per heavy atom. The number of nitrogens with two attached hydrogens (primary N) is 2. The average molecular weight is 346 g/mol. The first kappa shape index (κ1) is 16.8. The summed E-state index contributed by atoms with van der Waals surface area (Å²) < 4.78 is 36.7. The summed E-state index contributed by atoms with van der Waals surface area (Å²) in [5, 5.41) is 3.83. The molecule has 0 spiro atoms. The number of allylic oxidation sites excluding steroid dienone is 2. The molecule has 1 aromatic rings. The minimum absolute atomic E-state index is 0.144. The fourth-order valence-electron chi connectivity index (χ4n) is 1.78. The van der Waals surface area contributed by atoms with E-state index in [2.05, 4.69) is 9.98 Å². The number of guanidine groups is 1. The fraction of sp³-hybridized carbons (Fsp3) is 0.250. The molecular formula is C12H13F3N6OS. The number of halogens is 3. The Morgan fingerprint density at radius 1 is 1.43 bits per heavy atom. The monoisotopic (exact) mass is 346 g/mol. The van der Waals surface area contributed by atoms with Crippen LogP contribution in [-0.4, -0.2) is 35.6 Å². The average Bonchev–Trinajstić information content (AvgIpc) is 2.91. The second kappa shape index (κ2) is 6.69. The lowest BCUT2D eigenvalue weighted by molar-refractivity contribution is -0.173. The number of hydrogen-bond acceptors (Lipinski definition) is 5. The van der Waals surface area contributed by atoms with E-state index >= 15 is 0 Å². The van der Waals surface area contributed by atoms with Gasteiger partial charge < -0.3 is 21.7 Å². The third-order valence-corrected chi connectivity index (χ3v) is 3.47. The molecular weight excluding hydrogens is 333 g/mol. The standard InChI is InChI=1S/C12H13F3N6OS/c13-12(14,15)9(22)18-5-7-3-1-2-4-21(7)8-6-23-11(19-8)20-10(16)17/h1-4,6-7H,5H2,(H,18,22)(H4,16,17,19,20). The molecule has 124 valence electrons. The molecule has 1 aliphatic rings. The van der Waals surface area contributed by atoms with Crippen molar-refractivity contribution in [1.29, 1.82) is 0 Å². The van der Waals surface area contributed by atoms with E-state index < -0.39 is 18.1 Å². The van der Waals surface area contributed by atoms with Gasteiger partial charge >= 0.3 is 12.1 Å². The molecule has 23 heavy (non-hydrogen) atoms. The van der Waals surface area contributed by atoms with Crippen molar-refractivity contribution >= 4 is 34.2 Å². The quantitative estimate of drug-likeness (QED) is 0.556. The predicted octanol–water partition coefficient (Wildman–Crippen LogP) is 0.985. The highest BCUT2D eigenvalue weighted by Gasteiger charge is 2.38. The van der Waals surface area contributed by atoms with Gasteiger partial charge in [-0.3, -0.25) is 4.79 Å². The Labute approximate surface area is 133 Å². The van der Waals surface area contributed by atoms with Crippen molar-refractivity contribution in [3.8, 4) is 0 Å². The van der Waals surface area contributed by atoms with Crippen molar-refractivity contribution < 1.29 is 18.0 Å². The van der Waals surface area contributed by atoms with Crippen LogP contribution in [-0.2, 0) is 4.79 Å². The van der Waals surface area contributed by atoms with Gasteiger partial charge in [-0.2, -0.15) is 18.2 Å². The van der Waals surface area contributed by atoms with Crippen LogP contribution in [0.5, 0.6) is 0 Å². The van der Waals surface area contributed by atoms with Crippen LogP contribution >= 0.6 is 11.3 Å². The first-order valence-electron chi connectivity index (χ1n) is 6.31. The van der Waals surface area contributed by atoms with Crippen LogP contribution in [0.25, 0.3) is 0 Å². The topological polar surface area (TPSA) is 110 Å². The number of hydrogen-bond donors (Lipinski definition) is 3. The zero-order valence-electron chi connectivity index (χ0n) is 11.6. The fourth-order valence-corrected chi connectivity index (χ4v) is 2.47. The van der Waals surface area contributed by atoms with E-state index in [-0.39, 0.29) is 12.5 Å². The van der Waals surface area contributed by atoms with Crippen molar-refractivity contribution in [2.24, 2.45) is 16.5 Å². The summed E-state index contributed by atoms with van der Waals surface area (Å²) in [5.41, 5.74) is 10.5. The number of carbonyl (C=O) groups is 1. The number of amides is 1. The maximum Gasteiger partial charge on any atom is 0.471 e. The molecule has 0 bridgehead atoms. The normalized spacial score (nSPS) is 17.2. The van der Waals surface area contributed by atoms with Gasteiger partial charge in [0.25, 0.3) is 0 Å². The van der Waals surface area contributed by atoms with E-state index in [0.29, 0.717) is 10.9 Å². The highest BCUT2D eigenvalue weighted by Crippen LogP contribution is 2.27. The second-order valence-electron chi connectivity index (χ2n) is 4.43. The molecule has 0 saturated heterocycles. The zero-order valence-corrected chi connectivity index (χ0v) is 12.4. The number of nitrogens with zero attached hydrogens (tertiary/aromatic N) is 3. The van der Waals surface area contributed by atoms with Crippen molar-refractivity contribution in [3.05, 3.63) is 29.8 Å². The first-order valence-corrected chi connectivity index (χ1v) is 7.19. The summed E-state index contributed by atoms with van der Waals surface area (Å²) in [4.78, 5) is 20.5. The summed E-state index contributed by atoms with van der Waals surface area (Å²) in [5.74, 6) is -1.67. The molecule has 1 aliphatic heterocycles. The first-order chi connectivity index (χ1) is 10.8. The van der Waals surface area contributed by atoms with Gasteiger partial charge in [0.2, 0.25) is 5.13 Å².